The number of carboxylic acid groups (broad SMARTS) is 1. The third kappa shape index (κ3) is 4.87. The molecule has 0 aliphatic carbocycles. The molecule has 0 spiro atoms. The minimum atomic E-state index is -0.983. The number of halogens is 1. The number of H-pyrrole nitrogens is 1. The van der Waals surface area contributed by atoms with Gasteiger partial charge in [0, 0.05) is 34.8 Å². The number of aromatic nitrogens is 1. The molecule has 0 radical (unpaired) electrons. The fourth-order valence-corrected chi connectivity index (χ4v) is 5.54. The zero-order chi connectivity index (χ0) is 26.1. The summed E-state index contributed by atoms with van der Waals surface area (Å²) in [7, 11) is 1.53. The number of nitrogens with one attached hydrogen (secondary N) is 1. The highest BCUT2D eigenvalue weighted by Gasteiger charge is 2.31. The Morgan fingerprint density at radius 1 is 1.14 bits per heavy atom. The number of aromatic amines is 1. The van der Waals surface area contributed by atoms with E-state index in [2.05, 4.69) is 4.98 Å². The van der Waals surface area contributed by atoms with E-state index in [1.165, 1.54) is 18.9 Å². The average Bonchev–Trinajstić information content (AvgIpc) is 3.48. The first-order valence-electron chi connectivity index (χ1n) is 11.4. The molecule has 6 nitrogen and oxygen atoms in total. The Bertz CT molecular complexity index is 1580. The Kier molecular flexibility index (Phi) is 6.82. The first kappa shape index (κ1) is 24.7. The van der Waals surface area contributed by atoms with Gasteiger partial charge in [-0.05, 0) is 66.1 Å². The van der Waals surface area contributed by atoms with Gasteiger partial charge in [-0.1, -0.05) is 42.2 Å². The van der Waals surface area contributed by atoms with Gasteiger partial charge in [0.2, 0.25) is 0 Å². The van der Waals surface area contributed by atoms with Crippen LogP contribution in [0.5, 0.6) is 5.75 Å². The summed E-state index contributed by atoms with van der Waals surface area (Å²) >= 11 is 6.67. The highest BCUT2D eigenvalue weighted by molar-refractivity contribution is 8.26. The molecular formula is C28H21FN2O4S2. The molecule has 1 amide bonds. The summed E-state index contributed by atoms with van der Waals surface area (Å²) in [5.41, 5.74) is 3.53. The van der Waals surface area contributed by atoms with Gasteiger partial charge in [-0.3, -0.25) is 9.69 Å². The van der Waals surface area contributed by atoms with Crippen molar-refractivity contribution in [3.63, 3.8) is 0 Å². The Labute approximate surface area is 221 Å². The van der Waals surface area contributed by atoms with E-state index in [9.17, 15) is 9.59 Å². The van der Waals surface area contributed by atoms with E-state index in [0.717, 1.165) is 5.56 Å². The van der Waals surface area contributed by atoms with E-state index in [1.54, 1.807) is 65.7 Å². The van der Waals surface area contributed by atoms with E-state index in [1.807, 2.05) is 12.1 Å². The lowest BCUT2D eigenvalue weighted by Crippen LogP contribution is -2.30. The highest BCUT2D eigenvalue weighted by Crippen LogP contribution is 2.37. The van der Waals surface area contributed by atoms with Gasteiger partial charge in [-0.2, -0.15) is 0 Å². The van der Waals surface area contributed by atoms with Crippen LogP contribution in [0.25, 0.3) is 28.1 Å². The number of rotatable bonds is 7. The minimum absolute atomic E-state index is 0.200. The molecule has 1 fully saturated rings. The lowest BCUT2D eigenvalue weighted by molar-refractivity contribution is -0.122. The van der Waals surface area contributed by atoms with Crippen LogP contribution in [0.1, 0.15) is 21.5 Å². The molecule has 1 aliphatic heterocycles. The summed E-state index contributed by atoms with van der Waals surface area (Å²) in [6, 6.07) is 17.1. The van der Waals surface area contributed by atoms with Crippen molar-refractivity contribution >= 4 is 57.2 Å². The molecule has 1 aliphatic rings. The average molecular weight is 533 g/mol. The van der Waals surface area contributed by atoms with Crippen molar-refractivity contribution in [1.29, 1.82) is 0 Å². The number of hydrogen-bond donors (Lipinski definition) is 2. The number of carboxylic acids is 1. The van der Waals surface area contributed by atoms with Gasteiger partial charge >= 0.3 is 5.97 Å². The first-order valence-corrected chi connectivity index (χ1v) is 12.6. The Morgan fingerprint density at radius 3 is 2.65 bits per heavy atom. The number of ether oxygens (including phenoxy) is 1. The summed E-state index contributed by atoms with van der Waals surface area (Å²) in [5, 5.41) is 9.54. The molecule has 2 heterocycles. The number of fused-ring (bicyclic) bond motifs is 1. The monoisotopic (exact) mass is 532 g/mol. The number of thioether (sulfide) groups is 1. The second-order valence-electron chi connectivity index (χ2n) is 8.41. The van der Waals surface area contributed by atoms with Gasteiger partial charge in [-0.25, -0.2) is 9.18 Å². The van der Waals surface area contributed by atoms with Crippen LogP contribution in [0.4, 0.5) is 4.39 Å². The molecule has 186 valence electrons. The van der Waals surface area contributed by atoms with E-state index < -0.39 is 5.97 Å². The van der Waals surface area contributed by atoms with Gasteiger partial charge in [0.1, 0.15) is 15.9 Å². The summed E-state index contributed by atoms with van der Waals surface area (Å²) in [6.07, 6.45) is 3.97. The fourth-order valence-electron chi connectivity index (χ4n) is 4.23. The fraction of sp³-hybridized carbons (Fsp3) is 0.107. The molecule has 2 N–H and O–H groups in total. The number of carbonyl (C=O) groups is 2. The number of benzene rings is 3. The largest absolute Gasteiger partial charge is 0.496 e. The van der Waals surface area contributed by atoms with E-state index >= 15 is 4.39 Å². The van der Waals surface area contributed by atoms with Crippen LogP contribution in [0, 0.1) is 5.82 Å². The second kappa shape index (κ2) is 10.2. The molecule has 4 aromatic rings. The second-order valence-corrected chi connectivity index (χ2v) is 10.1. The molecule has 37 heavy (non-hydrogen) atoms. The first-order chi connectivity index (χ1) is 17.9. The van der Waals surface area contributed by atoms with Crippen LogP contribution in [-0.4, -0.2) is 44.8 Å². The van der Waals surface area contributed by atoms with Crippen LogP contribution >= 0.6 is 24.0 Å². The van der Waals surface area contributed by atoms with Gasteiger partial charge < -0.3 is 14.8 Å². The summed E-state index contributed by atoms with van der Waals surface area (Å²) in [4.78, 5) is 29.2. The number of carbonyl (C=O) groups excluding carboxylic acids is 1. The molecule has 0 bridgehead atoms. The topological polar surface area (TPSA) is 82.6 Å². The molecule has 9 heteroatoms. The quantitative estimate of drug-likeness (QED) is 0.220. The van der Waals surface area contributed by atoms with Crippen LogP contribution in [-0.2, 0) is 11.2 Å². The lowest BCUT2D eigenvalue weighted by Gasteiger charge is -2.14. The molecule has 5 rings (SSSR count). The third-order valence-electron chi connectivity index (χ3n) is 6.18. The molecule has 0 atom stereocenters. The maximum Gasteiger partial charge on any atom is 0.335 e. The number of nitrogens with zero attached hydrogens (tertiary/aromatic N) is 1. The number of amides is 1. The zero-order valence-corrected chi connectivity index (χ0v) is 21.3. The standard InChI is InChI=1S/C28H21FN2O4S2/c1-35-23-9-4-17(14-21(23)19-7-8-22-20(25(19)29)10-12-30-22)15-24-26(32)31(28(36)37-24)13-11-16-2-5-18(6-3-16)27(33)34/h2-10,12,14-15,30H,11,13H2,1H3,(H,33,34). The van der Waals surface area contributed by atoms with Crippen LogP contribution in [0.3, 0.4) is 0 Å². The van der Waals surface area contributed by atoms with Gasteiger partial charge in [-0.15, -0.1) is 0 Å². The summed E-state index contributed by atoms with van der Waals surface area (Å²) < 4.78 is 21.2. The third-order valence-corrected chi connectivity index (χ3v) is 7.56. The molecule has 3 aromatic carbocycles. The molecule has 1 saturated heterocycles. The Balaban J connectivity index is 1.38. The Morgan fingerprint density at radius 2 is 1.92 bits per heavy atom. The smallest absolute Gasteiger partial charge is 0.335 e. The molecular weight excluding hydrogens is 511 g/mol. The van der Waals surface area contributed by atoms with E-state index in [4.69, 9.17) is 22.1 Å². The SMILES string of the molecule is COc1ccc(C=C2SC(=S)N(CCc3ccc(C(=O)O)cc3)C2=O)cc1-c1ccc2[nH]ccc2c1F. The van der Waals surface area contributed by atoms with Crippen LogP contribution in [0.15, 0.2) is 71.8 Å². The summed E-state index contributed by atoms with van der Waals surface area (Å²) in [5.74, 6) is -1.01. The van der Waals surface area contributed by atoms with Crippen molar-refractivity contribution in [1.82, 2.24) is 9.88 Å². The van der Waals surface area contributed by atoms with Crippen LogP contribution < -0.4 is 4.74 Å². The van der Waals surface area contributed by atoms with Crippen LogP contribution in [0.2, 0.25) is 0 Å². The van der Waals surface area contributed by atoms with Crippen molar-refractivity contribution < 1.29 is 23.8 Å². The van der Waals surface area contributed by atoms with Crippen molar-refractivity contribution in [3.8, 4) is 16.9 Å². The number of aromatic carboxylic acids is 1. The molecule has 1 aromatic heterocycles. The number of methoxy groups -OCH3 is 1. The van der Waals surface area contributed by atoms with Crippen molar-refractivity contribution in [2.24, 2.45) is 0 Å². The van der Waals surface area contributed by atoms with Gasteiger partial charge in [0.15, 0.2) is 0 Å². The van der Waals surface area contributed by atoms with Crippen molar-refractivity contribution in [2.75, 3.05) is 13.7 Å². The predicted molar refractivity (Wildman–Crippen MR) is 147 cm³/mol. The zero-order valence-electron chi connectivity index (χ0n) is 19.7. The van der Waals surface area contributed by atoms with E-state index in [-0.39, 0.29) is 17.3 Å². The Hall–Kier alpha value is -3.95. The maximum atomic E-state index is 15.3. The maximum absolute atomic E-state index is 15.3. The van der Waals surface area contributed by atoms with Gasteiger partial charge in [0.25, 0.3) is 5.91 Å². The van der Waals surface area contributed by atoms with Crippen molar-refractivity contribution in [3.05, 3.63) is 94.3 Å². The predicted octanol–water partition coefficient (Wildman–Crippen LogP) is 6.12. The lowest BCUT2D eigenvalue weighted by atomic mass is 9.99. The number of thiocarbonyl (C=S) groups is 1. The number of hydrogen-bond acceptors (Lipinski definition) is 5. The molecule has 0 saturated carbocycles. The van der Waals surface area contributed by atoms with Crippen molar-refractivity contribution in [2.45, 2.75) is 6.42 Å². The van der Waals surface area contributed by atoms with E-state index in [0.29, 0.717) is 55.5 Å². The molecule has 0 unspecified atom stereocenters. The van der Waals surface area contributed by atoms with Gasteiger partial charge in [0.05, 0.1) is 17.6 Å². The minimum Gasteiger partial charge on any atom is -0.496 e. The normalized spacial score (nSPS) is 14.6. The highest BCUT2D eigenvalue weighted by atomic mass is 32.2. The summed E-state index contributed by atoms with van der Waals surface area (Å²) in [6.45, 7) is 0.379.